The molecule has 3 rings (SSSR count). The molecule has 188 valence electrons. The van der Waals surface area contributed by atoms with Gasteiger partial charge in [-0.2, -0.15) is 4.99 Å². The minimum atomic E-state index is -0.435. The average molecular weight is 472 g/mol. The second-order valence-electron chi connectivity index (χ2n) is 7.85. The summed E-state index contributed by atoms with van der Waals surface area (Å²) in [5, 5.41) is 4.41. The zero-order valence-corrected chi connectivity index (χ0v) is 19.8. The third kappa shape index (κ3) is 6.59. The number of benzene rings is 2. The number of H-pyrrole nitrogens is 1. The van der Waals surface area contributed by atoms with Gasteiger partial charge in [-0.3, -0.25) is 4.79 Å². The number of nitrogens with two attached hydrogens (primary N) is 1. The Bertz CT molecular complexity index is 1130. The molecule has 34 heavy (non-hydrogen) atoms. The monoisotopic (exact) mass is 471 g/mol. The molecule has 3 aromatic rings. The standard InChI is InChI=1S/C25H33N5O3.CH4.2H2/c1-5-32-21-11-10-17(14-22(21)33-6-2)25(31)29-24(26)19-8-7-9-20-23(19)18(16-28-20)15-27-12-13-30(3)4;;;/h7-11,14,16,27-28H,5-6,12-13,15H2,1-4H3,(H2,26,29,31);1H4;2*1H. The molecule has 0 fully saturated rings. The molecule has 1 amide bonds. The van der Waals surface area contributed by atoms with Crippen molar-refractivity contribution in [2.24, 2.45) is 10.7 Å². The highest BCUT2D eigenvalue weighted by Crippen LogP contribution is 2.29. The van der Waals surface area contributed by atoms with Gasteiger partial charge >= 0.3 is 0 Å². The van der Waals surface area contributed by atoms with Crippen LogP contribution in [0.15, 0.2) is 47.6 Å². The summed E-state index contributed by atoms with van der Waals surface area (Å²) in [4.78, 5) is 22.5. The fourth-order valence-corrected chi connectivity index (χ4v) is 3.55. The molecule has 0 saturated heterocycles. The topological polar surface area (TPSA) is 105 Å². The molecule has 0 atom stereocenters. The second-order valence-corrected chi connectivity index (χ2v) is 7.85. The van der Waals surface area contributed by atoms with Crippen LogP contribution in [0.4, 0.5) is 0 Å². The summed E-state index contributed by atoms with van der Waals surface area (Å²) in [6, 6.07) is 10.8. The van der Waals surface area contributed by atoms with Crippen molar-refractivity contribution in [2.75, 3.05) is 40.4 Å². The smallest absolute Gasteiger partial charge is 0.279 e. The fraction of sp³-hybridized carbons (Fsp3) is 0.385. The zero-order valence-electron chi connectivity index (χ0n) is 19.8. The average Bonchev–Trinajstić information content (AvgIpc) is 3.21. The highest BCUT2D eigenvalue weighted by molar-refractivity contribution is 6.14. The lowest BCUT2D eigenvalue weighted by atomic mass is 10.1. The number of likely N-dealkylation sites (N-methyl/N-ethyl adjacent to an activating group) is 1. The number of nitrogens with one attached hydrogen (secondary N) is 2. The van der Waals surface area contributed by atoms with Gasteiger partial charge in [0, 0.05) is 50.7 Å². The van der Waals surface area contributed by atoms with Gasteiger partial charge < -0.3 is 30.4 Å². The maximum Gasteiger partial charge on any atom is 0.279 e. The molecule has 0 saturated carbocycles. The Hall–Kier alpha value is -3.36. The Morgan fingerprint density at radius 1 is 1.15 bits per heavy atom. The number of nitrogens with zero attached hydrogens (tertiary/aromatic N) is 2. The van der Waals surface area contributed by atoms with Gasteiger partial charge in [0.15, 0.2) is 11.5 Å². The lowest BCUT2D eigenvalue weighted by Gasteiger charge is -2.12. The van der Waals surface area contributed by atoms with Crippen molar-refractivity contribution < 1.29 is 17.1 Å². The molecular weight excluding hydrogens is 430 g/mol. The Labute approximate surface area is 205 Å². The summed E-state index contributed by atoms with van der Waals surface area (Å²) >= 11 is 0. The number of aromatic amines is 1. The molecule has 2 aromatic carbocycles. The van der Waals surface area contributed by atoms with Gasteiger partial charge in [-0.05, 0) is 57.8 Å². The quantitative estimate of drug-likeness (QED) is 0.219. The van der Waals surface area contributed by atoms with Gasteiger partial charge in [-0.25, -0.2) is 0 Å². The first-order valence-electron chi connectivity index (χ1n) is 11.2. The number of aromatic nitrogens is 1. The molecule has 1 heterocycles. The zero-order chi connectivity index (χ0) is 23.8. The summed E-state index contributed by atoms with van der Waals surface area (Å²) in [6.07, 6.45) is 1.97. The first-order valence-corrected chi connectivity index (χ1v) is 11.2. The van der Waals surface area contributed by atoms with E-state index in [4.69, 9.17) is 15.2 Å². The lowest BCUT2D eigenvalue weighted by Crippen LogP contribution is -2.26. The van der Waals surface area contributed by atoms with E-state index in [2.05, 4.69) is 20.2 Å². The molecule has 0 aliphatic heterocycles. The van der Waals surface area contributed by atoms with Crippen LogP contribution < -0.4 is 20.5 Å². The number of carbonyl (C=O) groups is 1. The number of ether oxygens (including phenoxy) is 2. The Balaban J connectivity index is 0.00000408. The number of amidine groups is 1. The number of aliphatic imine (C=N–C) groups is 1. The third-order valence-electron chi connectivity index (χ3n) is 5.13. The molecule has 0 aliphatic carbocycles. The summed E-state index contributed by atoms with van der Waals surface area (Å²) in [5.41, 5.74) is 9.46. The number of fused-ring (bicyclic) bond motifs is 1. The van der Waals surface area contributed by atoms with Crippen molar-refractivity contribution in [3.8, 4) is 11.5 Å². The van der Waals surface area contributed by atoms with E-state index in [1.54, 1.807) is 18.2 Å². The molecule has 4 N–H and O–H groups in total. The first-order chi connectivity index (χ1) is 15.9. The van der Waals surface area contributed by atoms with Crippen molar-refractivity contribution in [3.63, 3.8) is 0 Å². The van der Waals surface area contributed by atoms with Gasteiger partial charge in [-0.1, -0.05) is 19.6 Å². The molecule has 0 radical (unpaired) electrons. The van der Waals surface area contributed by atoms with E-state index in [0.717, 1.165) is 35.1 Å². The minimum absolute atomic E-state index is 0. The number of rotatable bonds is 11. The normalized spacial score (nSPS) is 11.5. The lowest BCUT2D eigenvalue weighted by molar-refractivity contribution is 0.100. The van der Waals surface area contributed by atoms with E-state index >= 15 is 0 Å². The van der Waals surface area contributed by atoms with Gasteiger partial charge in [-0.15, -0.1) is 0 Å². The van der Waals surface area contributed by atoms with Crippen molar-refractivity contribution in [3.05, 3.63) is 59.3 Å². The molecule has 8 nitrogen and oxygen atoms in total. The fourth-order valence-electron chi connectivity index (χ4n) is 3.55. The van der Waals surface area contributed by atoms with Crippen LogP contribution in [0.2, 0.25) is 0 Å². The minimum Gasteiger partial charge on any atom is -0.490 e. The Morgan fingerprint density at radius 3 is 2.59 bits per heavy atom. The molecule has 0 bridgehead atoms. The van der Waals surface area contributed by atoms with E-state index in [1.165, 1.54) is 0 Å². The molecule has 1 aromatic heterocycles. The largest absolute Gasteiger partial charge is 0.490 e. The van der Waals surface area contributed by atoms with E-state index < -0.39 is 5.91 Å². The Kier molecular flexibility index (Phi) is 10.1. The van der Waals surface area contributed by atoms with Gasteiger partial charge in [0.05, 0.1) is 13.2 Å². The number of hydrogen-bond acceptors (Lipinski definition) is 5. The van der Waals surface area contributed by atoms with Crippen LogP contribution in [-0.4, -0.2) is 62.0 Å². The van der Waals surface area contributed by atoms with E-state index in [-0.39, 0.29) is 16.1 Å². The van der Waals surface area contributed by atoms with Crippen LogP contribution in [0, 0.1) is 0 Å². The third-order valence-corrected chi connectivity index (χ3v) is 5.13. The van der Waals surface area contributed by atoms with Crippen LogP contribution in [0.25, 0.3) is 10.9 Å². The summed E-state index contributed by atoms with van der Waals surface area (Å²) in [5.74, 6) is 0.843. The van der Waals surface area contributed by atoms with Crippen LogP contribution in [0.5, 0.6) is 11.5 Å². The summed E-state index contributed by atoms with van der Waals surface area (Å²) in [7, 11) is 4.09. The number of amides is 1. The molecule has 8 heteroatoms. The molecular formula is C26H41N5O3. The van der Waals surface area contributed by atoms with Crippen molar-refractivity contribution in [1.82, 2.24) is 15.2 Å². The van der Waals surface area contributed by atoms with Crippen molar-refractivity contribution >= 4 is 22.6 Å². The predicted octanol–water partition coefficient (Wildman–Crippen LogP) is 4.29. The maximum absolute atomic E-state index is 12.9. The Morgan fingerprint density at radius 2 is 1.88 bits per heavy atom. The highest BCUT2D eigenvalue weighted by atomic mass is 16.5. The number of carbonyl (C=O) groups excluding carboxylic acids is 1. The highest BCUT2D eigenvalue weighted by Gasteiger charge is 2.15. The van der Waals surface area contributed by atoms with Crippen LogP contribution in [0.3, 0.4) is 0 Å². The van der Waals surface area contributed by atoms with Crippen LogP contribution in [0.1, 0.15) is 45.6 Å². The predicted molar refractivity (Wildman–Crippen MR) is 143 cm³/mol. The van der Waals surface area contributed by atoms with Gasteiger partial charge in [0.25, 0.3) is 5.91 Å². The maximum atomic E-state index is 12.9. The van der Waals surface area contributed by atoms with Gasteiger partial charge in [0.1, 0.15) is 5.84 Å². The molecule has 0 aliphatic rings. The first kappa shape index (κ1) is 26.9. The van der Waals surface area contributed by atoms with E-state index in [1.807, 2.05) is 52.3 Å². The molecule has 0 unspecified atom stereocenters. The molecule has 0 spiro atoms. The van der Waals surface area contributed by atoms with E-state index in [9.17, 15) is 4.79 Å². The summed E-state index contributed by atoms with van der Waals surface area (Å²) < 4.78 is 11.2. The van der Waals surface area contributed by atoms with E-state index in [0.29, 0.717) is 36.8 Å². The SMILES string of the molecule is C.CCOc1ccc(C(=O)N=C(N)c2cccc3[nH]cc(CNCCN(C)C)c23)cc1OCC.[HH].[HH]. The van der Waals surface area contributed by atoms with Crippen molar-refractivity contribution in [2.45, 2.75) is 27.8 Å². The van der Waals surface area contributed by atoms with Crippen molar-refractivity contribution in [1.29, 1.82) is 0 Å². The number of hydrogen-bond donors (Lipinski definition) is 3. The van der Waals surface area contributed by atoms with Gasteiger partial charge in [0.2, 0.25) is 0 Å². The summed E-state index contributed by atoms with van der Waals surface area (Å²) in [6.45, 7) is 7.24. The second kappa shape index (κ2) is 12.8. The van der Waals surface area contributed by atoms with Crippen LogP contribution in [-0.2, 0) is 6.54 Å². The van der Waals surface area contributed by atoms with Crippen LogP contribution >= 0.6 is 0 Å².